The minimum absolute atomic E-state index is 0.487. The van der Waals surface area contributed by atoms with Gasteiger partial charge in [0.05, 0.1) is 0 Å². The molecule has 0 aliphatic rings. The molecule has 0 aliphatic carbocycles. The molecule has 0 spiro atoms. The first-order valence-corrected chi connectivity index (χ1v) is 6.25. The van der Waals surface area contributed by atoms with Gasteiger partial charge in [0.1, 0.15) is 0 Å². The van der Waals surface area contributed by atoms with Gasteiger partial charge in [0, 0.05) is 0 Å². The van der Waals surface area contributed by atoms with E-state index in [4.69, 9.17) is 0 Å². The summed E-state index contributed by atoms with van der Waals surface area (Å²) in [7, 11) is 0. The van der Waals surface area contributed by atoms with Crippen molar-refractivity contribution in [3.63, 3.8) is 0 Å². The highest BCUT2D eigenvalue weighted by atomic mass is 14.4. The second kappa shape index (κ2) is 5.34. The normalized spacial score (nSPS) is 13.9. The van der Waals surface area contributed by atoms with Crippen LogP contribution < -0.4 is 0 Å². The van der Waals surface area contributed by atoms with Crippen LogP contribution >= 0.6 is 0 Å². The van der Waals surface area contributed by atoms with Crippen molar-refractivity contribution in [2.45, 2.75) is 52.9 Å². The third-order valence-corrected chi connectivity index (χ3v) is 4.33. The molecular weight excluding hydrogens is 180 g/mol. The SMILES string of the molecule is CCC(CC)(CC)[C@@H](C)c1ccccc1. The fourth-order valence-electron chi connectivity index (χ4n) is 2.76. The van der Waals surface area contributed by atoms with Crippen molar-refractivity contribution in [2.24, 2.45) is 5.41 Å². The molecule has 84 valence electrons. The van der Waals surface area contributed by atoms with Crippen molar-refractivity contribution in [1.82, 2.24) is 0 Å². The third-order valence-electron chi connectivity index (χ3n) is 4.33. The molecule has 0 N–H and O–H groups in total. The summed E-state index contributed by atoms with van der Waals surface area (Å²) in [6.45, 7) is 9.36. The zero-order chi connectivity index (χ0) is 11.3. The largest absolute Gasteiger partial charge is 0.0648 e. The van der Waals surface area contributed by atoms with Gasteiger partial charge in [-0.05, 0) is 36.2 Å². The van der Waals surface area contributed by atoms with E-state index in [2.05, 4.69) is 58.0 Å². The van der Waals surface area contributed by atoms with Crippen LogP contribution in [-0.2, 0) is 0 Å². The van der Waals surface area contributed by atoms with Crippen LogP contribution in [0.5, 0.6) is 0 Å². The lowest BCUT2D eigenvalue weighted by atomic mass is 9.68. The van der Waals surface area contributed by atoms with Crippen LogP contribution in [0.2, 0.25) is 0 Å². The van der Waals surface area contributed by atoms with Crippen molar-refractivity contribution in [1.29, 1.82) is 0 Å². The van der Waals surface area contributed by atoms with E-state index < -0.39 is 0 Å². The second-order valence-electron chi connectivity index (χ2n) is 4.56. The molecule has 0 bridgehead atoms. The Morgan fingerprint density at radius 1 is 0.933 bits per heavy atom. The van der Waals surface area contributed by atoms with E-state index >= 15 is 0 Å². The van der Waals surface area contributed by atoms with Crippen molar-refractivity contribution in [2.75, 3.05) is 0 Å². The summed E-state index contributed by atoms with van der Waals surface area (Å²) in [5.74, 6) is 0.665. The minimum Gasteiger partial charge on any atom is -0.0648 e. The lowest BCUT2D eigenvalue weighted by Gasteiger charge is -2.37. The maximum Gasteiger partial charge on any atom is -0.0134 e. The summed E-state index contributed by atoms with van der Waals surface area (Å²) in [6, 6.07) is 10.9. The standard InChI is InChI=1S/C15H24/c1-5-15(6-2,7-3)13(4)14-11-9-8-10-12-14/h8-13H,5-7H2,1-4H3/t13-/m0/s1. The molecule has 0 heterocycles. The van der Waals surface area contributed by atoms with E-state index in [1.165, 1.54) is 24.8 Å². The van der Waals surface area contributed by atoms with Gasteiger partial charge in [-0.25, -0.2) is 0 Å². The van der Waals surface area contributed by atoms with Gasteiger partial charge >= 0.3 is 0 Å². The number of rotatable bonds is 5. The molecule has 1 atom stereocenters. The average Bonchev–Trinajstić information content (AvgIpc) is 2.33. The lowest BCUT2D eigenvalue weighted by Crippen LogP contribution is -2.25. The van der Waals surface area contributed by atoms with Crippen LogP contribution in [0.15, 0.2) is 30.3 Å². The van der Waals surface area contributed by atoms with Gasteiger partial charge in [-0.15, -0.1) is 0 Å². The van der Waals surface area contributed by atoms with Crippen LogP contribution in [0.3, 0.4) is 0 Å². The van der Waals surface area contributed by atoms with Crippen LogP contribution in [0.1, 0.15) is 58.4 Å². The molecule has 0 unspecified atom stereocenters. The zero-order valence-electron chi connectivity index (χ0n) is 10.6. The van der Waals surface area contributed by atoms with Crippen molar-refractivity contribution < 1.29 is 0 Å². The second-order valence-corrected chi connectivity index (χ2v) is 4.56. The molecule has 0 saturated heterocycles. The van der Waals surface area contributed by atoms with Gasteiger partial charge < -0.3 is 0 Å². The van der Waals surface area contributed by atoms with Gasteiger partial charge in [-0.1, -0.05) is 58.0 Å². The monoisotopic (exact) mass is 204 g/mol. The average molecular weight is 204 g/mol. The Kier molecular flexibility index (Phi) is 4.38. The lowest BCUT2D eigenvalue weighted by molar-refractivity contribution is 0.202. The molecule has 1 aromatic carbocycles. The molecular formula is C15H24. The number of benzene rings is 1. The van der Waals surface area contributed by atoms with E-state index in [0.29, 0.717) is 11.3 Å². The summed E-state index contributed by atoms with van der Waals surface area (Å²) >= 11 is 0. The molecule has 15 heavy (non-hydrogen) atoms. The summed E-state index contributed by atoms with van der Waals surface area (Å²) in [6.07, 6.45) is 3.82. The first kappa shape index (κ1) is 12.3. The molecule has 0 amide bonds. The maximum atomic E-state index is 2.38. The van der Waals surface area contributed by atoms with Crippen LogP contribution in [0.25, 0.3) is 0 Å². The quantitative estimate of drug-likeness (QED) is 0.632. The fraction of sp³-hybridized carbons (Fsp3) is 0.600. The predicted molar refractivity (Wildman–Crippen MR) is 68.2 cm³/mol. The molecule has 0 aromatic heterocycles. The molecule has 0 radical (unpaired) electrons. The van der Waals surface area contributed by atoms with Crippen molar-refractivity contribution in [3.8, 4) is 0 Å². The van der Waals surface area contributed by atoms with E-state index in [1.54, 1.807) is 0 Å². The first-order valence-electron chi connectivity index (χ1n) is 6.25. The van der Waals surface area contributed by atoms with Gasteiger partial charge in [0.2, 0.25) is 0 Å². The van der Waals surface area contributed by atoms with Crippen molar-refractivity contribution in [3.05, 3.63) is 35.9 Å². The molecule has 0 heteroatoms. The predicted octanol–water partition coefficient (Wildman–Crippen LogP) is 5.01. The van der Waals surface area contributed by atoms with E-state index in [-0.39, 0.29) is 0 Å². The Morgan fingerprint density at radius 2 is 1.40 bits per heavy atom. The molecule has 1 rings (SSSR count). The number of hydrogen-bond acceptors (Lipinski definition) is 0. The molecule has 0 saturated carbocycles. The molecule has 0 aliphatic heterocycles. The van der Waals surface area contributed by atoms with Gasteiger partial charge in [-0.2, -0.15) is 0 Å². The van der Waals surface area contributed by atoms with E-state index in [1.807, 2.05) is 0 Å². The Morgan fingerprint density at radius 3 is 1.80 bits per heavy atom. The first-order chi connectivity index (χ1) is 7.20. The van der Waals surface area contributed by atoms with Gasteiger partial charge in [0.25, 0.3) is 0 Å². The summed E-state index contributed by atoms with van der Waals surface area (Å²) in [4.78, 5) is 0. The third kappa shape index (κ3) is 2.42. The van der Waals surface area contributed by atoms with Crippen LogP contribution in [0.4, 0.5) is 0 Å². The highest BCUT2D eigenvalue weighted by Gasteiger charge is 2.31. The Labute approximate surface area is 94.7 Å². The summed E-state index contributed by atoms with van der Waals surface area (Å²) in [5.41, 5.74) is 1.98. The Bertz CT molecular complexity index is 261. The molecule has 0 nitrogen and oxygen atoms in total. The zero-order valence-corrected chi connectivity index (χ0v) is 10.6. The van der Waals surface area contributed by atoms with Gasteiger partial charge in [0.15, 0.2) is 0 Å². The maximum absolute atomic E-state index is 2.38. The highest BCUT2D eigenvalue weighted by molar-refractivity contribution is 5.21. The van der Waals surface area contributed by atoms with E-state index in [0.717, 1.165) is 0 Å². The van der Waals surface area contributed by atoms with E-state index in [9.17, 15) is 0 Å². The Balaban J connectivity index is 2.95. The highest BCUT2D eigenvalue weighted by Crippen LogP contribution is 2.44. The minimum atomic E-state index is 0.487. The summed E-state index contributed by atoms with van der Waals surface area (Å²) < 4.78 is 0. The number of hydrogen-bond donors (Lipinski definition) is 0. The topological polar surface area (TPSA) is 0 Å². The molecule has 0 fully saturated rings. The van der Waals surface area contributed by atoms with Crippen molar-refractivity contribution >= 4 is 0 Å². The fourth-order valence-corrected chi connectivity index (χ4v) is 2.76. The van der Waals surface area contributed by atoms with Gasteiger partial charge in [-0.3, -0.25) is 0 Å². The smallest absolute Gasteiger partial charge is 0.0134 e. The van der Waals surface area contributed by atoms with Crippen LogP contribution in [0, 0.1) is 5.41 Å². The molecule has 1 aromatic rings. The van der Waals surface area contributed by atoms with Crippen LogP contribution in [-0.4, -0.2) is 0 Å². The Hall–Kier alpha value is -0.780. The summed E-state index contributed by atoms with van der Waals surface area (Å²) in [5, 5.41) is 0.